The molecule has 37 heavy (non-hydrogen) atoms. The Balaban J connectivity index is 1.52. The molecule has 3 aromatic rings. The average Bonchev–Trinajstić information content (AvgIpc) is 2.87. The number of ketones is 2. The summed E-state index contributed by atoms with van der Waals surface area (Å²) in [6.07, 6.45) is 1.79. The van der Waals surface area contributed by atoms with Crippen LogP contribution in [-0.2, 0) is 0 Å². The highest BCUT2D eigenvalue weighted by molar-refractivity contribution is 6.09. The second kappa shape index (κ2) is 12.4. The number of rotatable bonds is 12. The molecule has 0 aliphatic rings. The first-order chi connectivity index (χ1) is 17.6. The Morgan fingerprint density at radius 2 is 1.43 bits per heavy atom. The molecule has 0 fully saturated rings. The molecule has 0 unspecified atom stereocenters. The van der Waals surface area contributed by atoms with Gasteiger partial charge in [0.2, 0.25) is 0 Å². The van der Waals surface area contributed by atoms with Gasteiger partial charge in [-0.1, -0.05) is 51.1 Å². The van der Waals surface area contributed by atoms with E-state index in [0.717, 1.165) is 6.42 Å². The second-order valence-corrected chi connectivity index (χ2v) is 10.2. The van der Waals surface area contributed by atoms with E-state index in [1.165, 1.54) is 0 Å². The maximum atomic E-state index is 12.8. The van der Waals surface area contributed by atoms with E-state index < -0.39 is 0 Å². The Kier molecular flexibility index (Phi) is 9.34. The largest absolute Gasteiger partial charge is 0.507 e. The summed E-state index contributed by atoms with van der Waals surface area (Å²) in [5, 5.41) is 10.5. The van der Waals surface area contributed by atoms with Crippen molar-refractivity contribution in [1.29, 1.82) is 0 Å². The van der Waals surface area contributed by atoms with Crippen molar-refractivity contribution in [3.05, 3.63) is 82.9 Å². The number of aromatic hydroxyl groups is 1. The highest BCUT2D eigenvalue weighted by atomic mass is 16.5. The maximum absolute atomic E-state index is 12.8. The summed E-state index contributed by atoms with van der Waals surface area (Å²) in [7, 11) is 1.56. The Labute approximate surface area is 219 Å². The van der Waals surface area contributed by atoms with Gasteiger partial charge in [0.05, 0.1) is 25.9 Å². The first-order valence-corrected chi connectivity index (χ1v) is 12.5. The minimum Gasteiger partial charge on any atom is -0.507 e. The summed E-state index contributed by atoms with van der Waals surface area (Å²) in [6.45, 7) is 8.58. The van der Waals surface area contributed by atoms with Gasteiger partial charge in [0.1, 0.15) is 11.5 Å². The minimum atomic E-state index is -0.155. The maximum Gasteiger partial charge on any atom is 0.193 e. The van der Waals surface area contributed by atoms with Gasteiger partial charge in [-0.15, -0.1) is 0 Å². The molecule has 0 aliphatic carbocycles. The second-order valence-electron chi connectivity index (χ2n) is 10.2. The number of hydrogen-bond donors (Lipinski definition) is 1. The van der Waals surface area contributed by atoms with Crippen LogP contribution in [0.3, 0.4) is 0 Å². The van der Waals surface area contributed by atoms with Crippen molar-refractivity contribution >= 4 is 11.6 Å². The predicted octanol–water partition coefficient (Wildman–Crippen LogP) is 6.80. The molecular weight excluding hydrogens is 468 g/mol. The SMILES string of the molecule is COc1ccc(C(=O)c2ccccc2)cc1OCCCCOc1ccc(C(=O)CC(C)(C)C)c(O)c1C. The molecule has 0 spiro atoms. The number of carbonyl (C=O) groups is 2. The van der Waals surface area contributed by atoms with Crippen LogP contribution in [0.5, 0.6) is 23.0 Å². The standard InChI is InChI=1S/C31H36O6/c1-21-26(16-14-24(29(21)33)25(32)20-31(2,3)4)36-17-9-10-18-37-28-19-23(13-15-27(28)35-5)30(34)22-11-7-6-8-12-22/h6-8,11-16,19,33H,9-10,17-18,20H2,1-5H3. The van der Waals surface area contributed by atoms with Gasteiger partial charge in [0.15, 0.2) is 23.1 Å². The van der Waals surface area contributed by atoms with E-state index in [2.05, 4.69) is 0 Å². The molecule has 0 saturated carbocycles. The summed E-state index contributed by atoms with van der Waals surface area (Å²) >= 11 is 0. The molecule has 0 aliphatic heterocycles. The first kappa shape index (κ1) is 27.8. The molecule has 0 saturated heterocycles. The highest BCUT2D eigenvalue weighted by Crippen LogP contribution is 2.33. The molecule has 6 heteroatoms. The lowest BCUT2D eigenvalue weighted by Gasteiger charge is -2.18. The fraction of sp³-hybridized carbons (Fsp3) is 0.355. The lowest BCUT2D eigenvalue weighted by Crippen LogP contribution is -2.13. The molecule has 3 rings (SSSR count). The molecule has 3 aromatic carbocycles. The Morgan fingerprint density at radius 3 is 2.05 bits per heavy atom. The fourth-order valence-corrected chi connectivity index (χ4v) is 3.90. The van der Waals surface area contributed by atoms with Crippen molar-refractivity contribution in [2.24, 2.45) is 5.41 Å². The van der Waals surface area contributed by atoms with E-state index in [4.69, 9.17) is 14.2 Å². The van der Waals surface area contributed by atoms with Crippen molar-refractivity contribution in [1.82, 2.24) is 0 Å². The van der Waals surface area contributed by atoms with E-state index in [-0.39, 0.29) is 22.7 Å². The molecule has 0 radical (unpaired) electrons. The minimum absolute atomic E-state index is 0.0212. The summed E-state index contributed by atoms with van der Waals surface area (Å²) in [5.41, 5.74) is 1.88. The van der Waals surface area contributed by atoms with E-state index in [1.807, 2.05) is 39.0 Å². The van der Waals surface area contributed by atoms with Gasteiger partial charge in [-0.2, -0.15) is 0 Å². The molecule has 196 valence electrons. The highest BCUT2D eigenvalue weighted by Gasteiger charge is 2.21. The molecule has 6 nitrogen and oxygen atoms in total. The van der Waals surface area contributed by atoms with Gasteiger partial charge in [-0.25, -0.2) is 0 Å². The van der Waals surface area contributed by atoms with Crippen LogP contribution in [0, 0.1) is 12.3 Å². The number of benzene rings is 3. The number of phenolic OH excluding ortho intramolecular Hbond substituents is 1. The summed E-state index contributed by atoms with van der Waals surface area (Å²) < 4.78 is 17.2. The molecule has 0 aromatic heterocycles. The zero-order valence-corrected chi connectivity index (χ0v) is 22.3. The number of phenols is 1. The monoisotopic (exact) mass is 504 g/mol. The third-order valence-electron chi connectivity index (χ3n) is 5.89. The van der Waals surface area contributed by atoms with E-state index in [0.29, 0.717) is 65.6 Å². The van der Waals surface area contributed by atoms with Gasteiger partial charge < -0.3 is 19.3 Å². The zero-order valence-electron chi connectivity index (χ0n) is 22.3. The average molecular weight is 505 g/mol. The van der Waals surface area contributed by atoms with Gasteiger partial charge >= 0.3 is 0 Å². The smallest absolute Gasteiger partial charge is 0.193 e. The molecule has 0 amide bonds. The van der Waals surface area contributed by atoms with E-state index in [1.54, 1.807) is 56.5 Å². The Bertz CT molecular complexity index is 1220. The van der Waals surface area contributed by atoms with Crippen molar-refractivity contribution in [2.45, 2.75) is 47.0 Å². The summed E-state index contributed by atoms with van der Waals surface area (Å²) in [6, 6.07) is 17.6. The van der Waals surface area contributed by atoms with Gasteiger partial charge in [0, 0.05) is 23.1 Å². The van der Waals surface area contributed by atoms with Crippen LogP contribution in [0.4, 0.5) is 0 Å². The quantitative estimate of drug-likeness (QED) is 0.216. The lowest BCUT2D eigenvalue weighted by atomic mass is 9.87. The zero-order chi connectivity index (χ0) is 27.0. The van der Waals surface area contributed by atoms with Gasteiger partial charge in [-0.05, 0) is 55.5 Å². The predicted molar refractivity (Wildman–Crippen MR) is 144 cm³/mol. The molecule has 0 heterocycles. The Hall–Kier alpha value is -3.80. The third-order valence-corrected chi connectivity index (χ3v) is 5.89. The van der Waals surface area contributed by atoms with Crippen molar-refractivity contribution < 1.29 is 28.9 Å². The van der Waals surface area contributed by atoms with Crippen molar-refractivity contribution in [3.8, 4) is 23.0 Å². The van der Waals surface area contributed by atoms with Crippen LogP contribution in [0.15, 0.2) is 60.7 Å². The Morgan fingerprint density at radius 1 is 0.811 bits per heavy atom. The number of methoxy groups -OCH3 is 1. The summed E-state index contributed by atoms with van der Waals surface area (Å²) in [5.74, 6) is 1.45. The van der Waals surface area contributed by atoms with Crippen LogP contribution in [0.1, 0.15) is 71.9 Å². The number of ether oxygens (including phenoxy) is 3. The number of carbonyl (C=O) groups excluding carboxylic acids is 2. The van der Waals surface area contributed by atoms with Crippen LogP contribution in [0.2, 0.25) is 0 Å². The third kappa shape index (κ3) is 7.59. The number of hydrogen-bond acceptors (Lipinski definition) is 6. The normalized spacial score (nSPS) is 11.2. The lowest BCUT2D eigenvalue weighted by molar-refractivity contribution is 0.0936. The topological polar surface area (TPSA) is 82.1 Å². The van der Waals surface area contributed by atoms with Crippen LogP contribution in [-0.4, -0.2) is 37.0 Å². The number of Topliss-reactive ketones (excluding diaryl/α,β-unsaturated/α-hetero) is 1. The molecule has 0 atom stereocenters. The fourth-order valence-electron chi connectivity index (χ4n) is 3.90. The van der Waals surface area contributed by atoms with Crippen LogP contribution in [0.25, 0.3) is 0 Å². The molecular formula is C31H36O6. The van der Waals surface area contributed by atoms with Gasteiger partial charge in [0.25, 0.3) is 0 Å². The molecule has 0 bridgehead atoms. The first-order valence-electron chi connectivity index (χ1n) is 12.5. The van der Waals surface area contributed by atoms with Crippen molar-refractivity contribution in [2.75, 3.05) is 20.3 Å². The summed E-state index contributed by atoms with van der Waals surface area (Å²) in [4.78, 5) is 25.3. The van der Waals surface area contributed by atoms with Crippen molar-refractivity contribution in [3.63, 3.8) is 0 Å². The van der Waals surface area contributed by atoms with E-state index >= 15 is 0 Å². The van der Waals surface area contributed by atoms with Crippen LogP contribution < -0.4 is 14.2 Å². The van der Waals surface area contributed by atoms with Gasteiger partial charge in [-0.3, -0.25) is 9.59 Å². The van der Waals surface area contributed by atoms with E-state index in [9.17, 15) is 14.7 Å². The van der Waals surface area contributed by atoms with Crippen LogP contribution >= 0.6 is 0 Å². The molecule has 1 N–H and O–H groups in total. The number of unbranched alkanes of at least 4 members (excludes halogenated alkanes) is 1.